The smallest absolute Gasteiger partial charge is 0.326 e. The van der Waals surface area contributed by atoms with Crippen molar-refractivity contribution in [2.24, 2.45) is 4.99 Å². The van der Waals surface area contributed by atoms with E-state index in [1.807, 2.05) is 43.0 Å². The van der Waals surface area contributed by atoms with Gasteiger partial charge in [-0.2, -0.15) is 9.97 Å². The van der Waals surface area contributed by atoms with Crippen LogP contribution in [0.2, 0.25) is 0 Å². The summed E-state index contributed by atoms with van der Waals surface area (Å²) in [6, 6.07) is 5.38. The highest BCUT2D eigenvalue weighted by atomic mass is 19.1. The number of benzene rings is 1. The molecule has 1 aromatic carbocycles. The van der Waals surface area contributed by atoms with Crippen LogP contribution in [0, 0.1) is 5.82 Å². The lowest BCUT2D eigenvalue weighted by atomic mass is 10.1. The van der Waals surface area contributed by atoms with Crippen molar-refractivity contribution in [2.45, 2.75) is 27.2 Å². The summed E-state index contributed by atoms with van der Waals surface area (Å²) in [6.07, 6.45) is 4.56. The summed E-state index contributed by atoms with van der Waals surface area (Å²) in [6.45, 7) is 8.70. The number of piperazine rings is 1. The van der Waals surface area contributed by atoms with Crippen LogP contribution in [0.1, 0.15) is 31.9 Å². The molecule has 0 spiro atoms. The maximum absolute atomic E-state index is 15.2. The van der Waals surface area contributed by atoms with Crippen molar-refractivity contribution in [2.75, 3.05) is 42.9 Å². The number of anilines is 2. The minimum Gasteiger partial charge on any atom is -0.421 e. The van der Waals surface area contributed by atoms with Crippen LogP contribution in [0.15, 0.2) is 40.4 Å². The summed E-state index contributed by atoms with van der Waals surface area (Å²) in [4.78, 5) is 29.1. The Kier molecular flexibility index (Phi) is 5.77. The highest BCUT2D eigenvalue weighted by molar-refractivity contribution is 6.05. The molecule has 1 N–H and O–H groups in total. The minimum absolute atomic E-state index is 0.0471. The Morgan fingerprint density at radius 3 is 2.59 bits per heavy atom. The van der Waals surface area contributed by atoms with Gasteiger partial charge in [-0.1, -0.05) is 17.7 Å². The predicted molar refractivity (Wildman–Crippen MR) is 130 cm³/mol. The molecular weight excluding hydrogens is 435 g/mol. The lowest BCUT2D eigenvalue weighted by Crippen LogP contribution is -2.48. The zero-order valence-electron chi connectivity index (χ0n) is 19.6. The van der Waals surface area contributed by atoms with Crippen LogP contribution in [0.25, 0.3) is 6.08 Å². The lowest BCUT2D eigenvalue weighted by molar-refractivity contribution is -0.129. The third-order valence-electron chi connectivity index (χ3n) is 6.18. The van der Waals surface area contributed by atoms with Crippen molar-refractivity contribution in [3.05, 3.63) is 52.4 Å². The number of aromatic nitrogens is 2. The van der Waals surface area contributed by atoms with Gasteiger partial charge in [-0.15, -0.1) is 0 Å². The summed E-state index contributed by atoms with van der Waals surface area (Å²) in [5.74, 6) is 1.60. The average Bonchev–Trinajstić information content (AvgIpc) is 3.40. The van der Waals surface area contributed by atoms with Crippen LogP contribution in [0.4, 0.5) is 16.0 Å². The zero-order chi connectivity index (χ0) is 23.8. The molecule has 8 nitrogen and oxygen atoms in total. The van der Waals surface area contributed by atoms with E-state index in [0.717, 1.165) is 23.1 Å². The largest absolute Gasteiger partial charge is 0.421 e. The van der Waals surface area contributed by atoms with Crippen molar-refractivity contribution in [1.29, 1.82) is 0 Å². The van der Waals surface area contributed by atoms with Gasteiger partial charge in [-0.05, 0) is 43.5 Å². The van der Waals surface area contributed by atoms with Gasteiger partial charge in [-0.3, -0.25) is 9.79 Å². The lowest BCUT2D eigenvalue weighted by Gasteiger charge is -2.35. The maximum atomic E-state index is 15.2. The van der Waals surface area contributed by atoms with Crippen molar-refractivity contribution in [3.8, 4) is 11.8 Å². The maximum Gasteiger partial charge on any atom is 0.326 e. The van der Waals surface area contributed by atoms with Gasteiger partial charge < -0.3 is 19.9 Å². The summed E-state index contributed by atoms with van der Waals surface area (Å²) in [7, 11) is 0. The molecule has 1 fully saturated rings. The number of aliphatic imine (C=N–C) groups is 1. The van der Waals surface area contributed by atoms with E-state index < -0.39 is 5.82 Å². The Balaban J connectivity index is 1.44. The summed E-state index contributed by atoms with van der Waals surface area (Å²) >= 11 is 0. The van der Waals surface area contributed by atoms with Crippen molar-refractivity contribution >= 4 is 29.5 Å². The van der Waals surface area contributed by atoms with Gasteiger partial charge in [0.2, 0.25) is 5.91 Å². The molecule has 1 saturated heterocycles. The first-order chi connectivity index (χ1) is 16.4. The molecule has 9 heteroatoms. The fraction of sp³-hybridized carbons (Fsp3) is 0.360. The van der Waals surface area contributed by atoms with E-state index >= 15 is 4.39 Å². The van der Waals surface area contributed by atoms with E-state index in [-0.39, 0.29) is 17.7 Å². The first-order valence-corrected chi connectivity index (χ1v) is 11.4. The predicted octanol–water partition coefficient (Wildman–Crippen LogP) is 3.81. The standard InChI is InChI=1S/C25H27FN6O2/c1-15-10-18-4-5-20(24(26)19(18)11-15)34-25-29-22(28-21-12-16(2)14-27-21)13-23(30-25)32-8-6-31(7-9-32)17(3)33/h4-5,11-13H,6-10,14H2,1-3H3,(H,27,28,29,30). The fourth-order valence-corrected chi connectivity index (χ4v) is 4.37. The van der Waals surface area contributed by atoms with Crippen LogP contribution >= 0.6 is 0 Å². The third-order valence-corrected chi connectivity index (χ3v) is 6.18. The third kappa shape index (κ3) is 4.50. The number of amides is 1. The first kappa shape index (κ1) is 22.1. The highest BCUT2D eigenvalue weighted by Crippen LogP contribution is 2.34. The number of hydrogen-bond acceptors (Lipinski definition) is 7. The van der Waals surface area contributed by atoms with E-state index in [1.165, 1.54) is 0 Å². The number of nitrogens with one attached hydrogen (secondary N) is 1. The van der Waals surface area contributed by atoms with Gasteiger partial charge in [0, 0.05) is 44.7 Å². The van der Waals surface area contributed by atoms with Crippen molar-refractivity contribution < 1.29 is 13.9 Å². The molecule has 2 aliphatic heterocycles. The molecule has 0 atom stereocenters. The zero-order valence-corrected chi connectivity index (χ0v) is 19.6. The number of carbonyl (C=O) groups is 1. The molecule has 3 heterocycles. The minimum atomic E-state index is -0.410. The van der Waals surface area contributed by atoms with Gasteiger partial charge in [-0.25, -0.2) is 4.39 Å². The van der Waals surface area contributed by atoms with E-state index in [1.54, 1.807) is 13.0 Å². The number of carbonyl (C=O) groups excluding carboxylic acids is 1. The van der Waals surface area contributed by atoms with E-state index in [9.17, 15) is 4.79 Å². The molecular formula is C25H27FN6O2. The SMILES string of the molecule is CC(=O)N1CCN(c2cc(NC3=NCC(C)=C3)nc(Oc3ccc4c(c3F)C=C(C)C4)n2)CC1. The first-order valence-electron chi connectivity index (χ1n) is 11.4. The number of hydrogen-bond donors (Lipinski definition) is 1. The van der Waals surface area contributed by atoms with Gasteiger partial charge >= 0.3 is 6.01 Å². The molecule has 0 radical (unpaired) electrons. The number of fused-ring (bicyclic) bond motifs is 1. The molecule has 2 aromatic rings. The molecule has 1 aliphatic carbocycles. The average molecular weight is 463 g/mol. The van der Waals surface area contributed by atoms with Gasteiger partial charge in [0.1, 0.15) is 17.5 Å². The Hall–Kier alpha value is -3.75. The Bertz CT molecular complexity index is 1240. The van der Waals surface area contributed by atoms with Gasteiger partial charge in [0.05, 0.1) is 6.54 Å². The molecule has 0 bridgehead atoms. The van der Waals surface area contributed by atoms with Crippen molar-refractivity contribution in [3.63, 3.8) is 0 Å². The Morgan fingerprint density at radius 2 is 1.88 bits per heavy atom. The number of halogens is 1. The van der Waals surface area contributed by atoms with Gasteiger partial charge in [0.25, 0.3) is 0 Å². The van der Waals surface area contributed by atoms with E-state index in [4.69, 9.17) is 4.74 Å². The molecule has 0 saturated carbocycles. The second kappa shape index (κ2) is 8.89. The van der Waals surface area contributed by atoms with Crippen molar-refractivity contribution in [1.82, 2.24) is 14.9 Å². The van der Waals surface area contributed by atoms with Crippen LogP contribution in [0.3, 0.4) is 0 Å². The molecule has 1 aromatic heterocycles. The Morgan fingerprint density at radius 1 is 1.09 bits per heavy atom. The molecule has 176 valence electrons. The molecule has 5 rings (SSSR count). The van der Waals surface area contributed by atoms with Crippen LogP contribution in [0.5, 0.6) is 11.8 Å². The number of ether oxygens (including phenoxy) is 1. The number of amidine groups is 1. The Labute approximate surface area is 197 Å². The van der Waals surface area contributed by atoms with Crippen LogP contribution < -0.4 is 15.0 Å². The molecule has 0 unspecified atom stereocenters. The number of allylic oxidation sites excluding steroid dienone is 1. The monoisotopic (exact) mass is 462 g/mol. The molecule has 3 aliphatic rings. The number of rotatable bonds is 4. The summed E-state index contributed by atoms with van der Waals surface area (Å²) in [5, 5.41) is 3.21. The van der Waals surface area contributed by atoms with E-state index in [0.29, 0.717) is 55.8 Å². The second-order valence-electron chi connectivity index (χ2n) is 8.92. The highest BCUT2D eigenvalue weighted by Gasteiger charge is 2.23. The second-order valence-corrected chi connectivity index (χ2v) is 8.92. The summed E-state index contributed by atoms with van der Waals surface area (Å²) in [5.41, 5.74) is 3.77. The fourth-order valence-electron chi connectivity index (χ4n) is 4.37. The number of nitrogens with zero attached hydrogens (tertiary/aromatic N) is 5. The van der Waals surface area contributed by atoms with Crippen LogP contribution in [-0.2, 0) is 11.2 Å². The molecule has 34 heavy (non-hydrogen) atoms. The molecule has 1 amide bonds. The van der Waals surface area contributed by atoms with Gasteiger partial charge in [0.15, 0.2) is 11.6 Å². The summed E-state index contributed by atoms with van der Waals surface area (Å²) < 4.78 is 21.0. The topological polar surface area (TPSA) is 83.0 Å². The quantitative estimate of drug-likeness (QED) is 0.744. The van der Waals surface area contributed by atoms with Crippen LogP contribution in [-0.4, -0.2) is 59.3 Å². The normalized spacial score (nSPS) is 17.2. The van der Waals surface area contributed by atoms with E-state index in [2.05, 4.69) is 25.2 Å².